The number of hydrogen-bond donors (Lipinski definition) is 4. The molecule has 0 bridgehead atoms. The zero-order chi connectivity index (χ0) is 17.3. The van der Waals surface area contributed by atoms with Crippen LogP contribution in [0.4, 0.5) is 5.82 Å². The fourth-order valence-corrected chi connectivity index (χ4v) is 2.34. The minimum atomic E-state index is -0.498. The zero-order valence-electron chi connectivity index (χ0n) is 12.8. The maximum absolute atomic E-state index is 12.5. The molecular weight excluding hydrogens is 314 g/mol. The zero-order valence-corrected chi connectivity index (χ0v) is 12.8. The SMILES string of the molecule is C[C@@H](NC(=O)c1ncnc2c1CCC(=O)N2)c1cc(C(=N)N)no1. The van der Waals surface area contributed by atoms with Gasteiger partial charge < -0.3 is 20.9 Å². The first kappa shape index (κ1) is 15.6. The third-order valence-corrected chi connectivity index (χ3v) is 3.60. The van der Waals surface area contributed by atoms with Crippen molar-refractivity contribution in [3.63, 3.8) is 0 Å². The van der Waals surface area contributed by atoms with E-state index in [1.165, 1.54) is 12.4 Å². The molecule has 2 aromatic rings. The van der Waals surface area contributed by atoms with E-state index in [0.29, 0.717) is 23.6 Å². The standard InChI is InChI=1S/C14H15N7O3/c1-6(9-4-8(12(15)16)21-24-9)19-14(23)11-7-2-3-10(22)20-13(7)18-5-17-11/h4-6H,2-3H2,1H3,(H3,15,16)(H,19,23)(H,17,18,20,22)/t6-/m1/s1. The number of nitrogens with one attached hydrogen (secondary N) is 3. The normalized spacial score (nSPS) is 14.5. The Labute approximate surface area is 136 Å². The molecule has 2 aromatic heterocycles. The van der Waals surface area contributed by atoms with Gasteiger partial charge in [0.05, 0.1) is 6.04 Å². The molecule has 1 aliphatic rings. The lowest BCUT2D eigenvalue weighted by atomic mass is 10.0. The lowest BCUT2D eigenvalue weighted by Crippen LogP contribution is -2.30. The summed E-state index contributed by atoms with van der Waals surface area (Å²) in [6.07, 6.45) is 1.91. The van der Waals surface area contributed by atoms with Crippen molar-refractivity contribution in [2.75, 3.05) is 5.32 Å². The van der Waals surface area contributed by atoms with Crippen LogP contribution < -0.4 is 16.4 Å². The molecule has 2 amide bonds. The van der Waals surface area contributed by atoms with Gasteiger partial charge in [-0.2, -0.15) is 0 Å². The summed E-state index contributed by atoms with van der Waals surface area (Å²) in [5.74, 6) is -0.0519. The maximum Gasteiger partial charge on any atom is 0.270 e. The van der Waals surface area contributed by atoms with Gasteiger partial charge in [-0.3, -0.25) is 15.0 Å². The number of amides is 2. The summed E-state index contributed by atoms with van der Waals surface area (Å²) in [5.41, 5.74) is 6.34. The Hall–Kier alpha value is -3.30. The summed E-state index contributed by atoms with van der Waals surface area (Å²) in [4.78, 5) is 31.9. The Balaban J connectivity index is 1.78. The summed E-state index contributed by atoms with van der Waals surface area (Å²) >= 11 is 0. The van der Waals surface area contributed by atoms with Crippen LogP contribution in [0, 0.1) is 5.41 Å². The van der Waals surface area contributed by atoms with Gasteiger partial charge in [-0.05, 0) is 13.3 Å². The molecule has 124 valence electrons. The minimum Gasteiger partial charge on any atom is -0.382 e. The Kier molecular flexibility index (Phi) is 3.94. The van der Waals surface area contributed by atoms with E-state index in [0.717, 1.165) is 0 Å². The average molecular weight is 329 g/mol. The van der Waals surface area contributed by atoms with Crippen molar-refractivity contribution in [2.45, 2.75) is 25.8 Å². The Morgan fingerprint density at radius 2 is 2.25 bits per heavy atom. The van der Waals surface area contributed by atoms with Gasteiger partial charge in [-0.1, -0.05) is 5.16 Å². The number of carbonyl (C=O) groups is 2. The first-order valence-corrected chi connectivity index (χ1v) is 7.21. The number of carbonyl (C=O) groups excluding carboxylic acids is 2. The van der Waals surface area contributed by atoms with E-state index in [1.54, 1.807) is 6.92 Å². The van der Waals surface area contributed by atoms with Gasteiger partial charge in [0.2, 0.25) is 5.91 Å². The van der Waals surface area contributed by atoms with E-state index in [-0.39, 0.29) is 29.6 Å². The molecule has 10 nitrogen and oxygen atoms in total. The molecule has 0 fully saturated rings. The predicted molar refractivity (Wildman–Crippen MR) is 82.4 cm³/mol. The lowest BCUT2D eigenvalue weighted by Gasteiger charge is -2.18. The number of nitrogen functional groups attached to an aromatic ring is 1. The molecule has 0 saturated carbocycles. The summed E-state index contributed by atoms with van der Waals surface area (Å²) in [6, 6.07) is 0.991. The maximum atomic E-state index is 12.5. The van der Waals surface area contributed by atoms with Crippen LogP contribution in [0.25, 0.3) is 0 Å². The first-order valence-electron chi connectivity index (χ1n) is 7.21. The van der Waals surface area contributed by atoms with Gasteiger partial charge in [-0.15, -0.1) is 0 Å². The Morgan fingerprint density at radius 3 is 2.96 bits per heavy atom. The molecule has 24 heavy (non-hydrogen) atoms. The molecule has 0 spiro atoms. The van der Waals surface area contributed by atoms with E-state index in [2.05, 4.69) is 25.8 Å². The monoisotopic (exact) mass is 329 g/mol. The van der Waals surface area contributed by atoms with E-state index in [1.807, 2.05) is 0 Å². The van der Waals surface area contributed by atoms with Crippen LogP contribution in [0.2, 0.25) is 0 Å². The van der Waals surface area contributed by atoms with Gasteiger partial charge in [0.25, 0.3) is 5.91 Å². The van der Waals surface area contributed by atoms with Crippen molar-refractivity contribution in [1.82, 2.24) is 20.4 Å². The van der Waals surface area contributed by atoms with Crippen LogP contribution in [0.15, 0.2) is 16.9 Å². The quantitative estimate of drug-likeness (QED) is 0.458. The van der Waals surface area contributed by atoms with E-state index in [4.69, 9.17) is 15.7 Å². The van der Waals surface area contributed by atoms with Crippen molar-refractivity contribution < 1.29 is 14.1 Å². The average Bonchev–Trinajstić information content (AvgIpc) is 3.04. The predicted octanol–water partition coefficient (Wildman–Crippen LogP) is 0.124. The molecule has 3 heterocycles. The molecule has 1 aliphatic heterocycles. The molecule has 0 unspecified atom stereocenters. The van der Waals surface area contributed by atoms with Gasteiger partial charge in [0, 0.05) is 18.1 Å². The third kappa shape index (κ3) is 2.93. The fourth-order valence-electron chi connectivity index (χ4n) is 2.34. The van der Waals surface area contributed by atoms with E-state index >= 15 is 0 Å². The smallest absolute Gasteiger partial charge is 0.270 e. The van der Waals surface area contributed by atoms with E-state index < -0.39 is 11.9 Å². The molecule has 0 saturated heterocycles. The Morgan fingerprint density at radius 1 is 1.46 bits per heavy atom. The highest BCUT2D eigenvalue weighted by molar-refractivity contribution is 5.99. The summed E-state index contributed by atoms with van der Waals surface area (Å²) in [5, 5.41) is 16.3. The molecule has 3 rings (SSSR count). The van der Waals surface area contributed by atoms with Gasteiger partial charge in [0.15, 0.2) is 5.76 Å². The van der Waals surface area contributed by atoms with Gasteiger partial charge in [-0.25, -0.2) is 9.97 Å². The highest BCUT2D eigenvalue weighted by Crippen LogP contribution is 2.23. The second-order valence-electron chi connectivity index (χ2n) is 5.32. The first-order chi connectivity index (χ1) is 11.5. The van der Waals surface area contributed by atoms with Gasteiger partial charge in [0.1, 0.15) is 29.4 Å². The van der Waals surface area contributed by atoms with Crippen molar-refractivity contribution in [3.8, 4) is 0 Å². The summed E-state index contributed by atoms with van der Waals surface area (Å²) in [6.45, 7) is 1.71. The molecule has 0 radical (unpaired) electrons. The van der Waals surface area contributed by atoms with Crippen molar-refractivity contribution in [2.24, 2.45) is 5.73 Å². The lowest BCUT2D eigenvalue weighted by molar-refractivity contribution is -0.116. The number of fused-ring (bicyclic) bond motifs is 1. The van der Waals surface area contributed by atoms with E-state index in [9.17, 15) is 9.59 Å². The van der Waals surface area contributed by atoms with Gasteiger partial charge >= 0.3 is 0 Å². The minimum absolute atomic E-state index is 0.139. The summed E-state index contributed by atoms with van der Waals surface area (Å²) < 4.78 is 5.08. The second kappa shape index (κ2) is 6.07. The number of aromatic nitrogens is 3. The third-order valence-electron chi connectivity index (χ3n) is 3.60. The second-order valence-corrected chi connectivity index (χ2v) is 5.32. The van der Waals surface area contributed by atoms with Crippen LogP contribution in [0.3, 0.4) is 0 Å². The molecule has 1 atom stereocenters. The molecule has 5 N–H and O–H groups in total. The topological polar surface area (TPSA) is 160 Å². The van der Waals surface area contributed by atoms with Crippen LogP contribution >= 0.6 is 0 Å². The molecular formula is C14H15N7O3. The largest absolute Gasteiger partial charge is 0.382 e. The number of nitrogens with two attached hydrogens (primary N) is 1. The number of nitrogens with zero attached hydrogens (tertiary/aromatic N) is 3. The molecule has 0 aliphatic carbocycles. The number of rotatable bonds is 4. The van der Waals surface area contributed by atoms with Crippen molar-refractivity contribution in [1.29, 1.82) is 5.41 Å². The van der Waals surface area contributed by atoms with Crippen molar-refractivity contribution >= 4 is 23.5 Å². The highest BCUT2D eigenvalue weighted by Gasteiger charge is 2.25. The van der Waals surface area contributed by atoms with Crippen LogP contribution in [-0.4, -0.2) is 32.8 Å². The number of anilines is 1. The van der Waals surface area contributed by atoms with Crippen LogP contribution in [0.1, 0.15) is 46.9 Å². The van der Waals surface area contributed by atoms with Crippen LogP contribution in [-0.2, 0) is 11.2 Å². The fraction of sp³-hybridized carbons (Fsp3) is 0.286. The van der Waals surface area contributed by atoms with Crippen molar-refractivity contribution in [3.05, 3.63) is 35.1 Å². The number of hydrogen-bond acceptors (Lipinski definition) is 7. The summed E-state index contributed by atoms with van der Waals surface area (Å²) in [7, 11) is 0. The molecule has 10 heteroatoms. The highest BCUT2D eigenvalue weighted by atomic mass is 16.5. The Bertz CT molecular complexity index is 830. The molecule has 0 aromatic carbocycles. The number of amidine groups is 1. The van der Waals surface area contributed by atoms with Crippen LogP contribution in [0.5, 0.6) is 0 Å².